The van der Waals surface area contributed by atoms with E-state index in [1.807, 2.05) is 18.2 Å². The Hall–Kier alpha value is -2.16. The van der Waals surface area contributed by atoms with E-state index in [0.717, 1.165) is 30.8 Å². The van der Waals surface area contributed by atoms with E-state index in [0.29, 0.717) is 12.8 Å². The van der Waals surface area contributed by atoms with Gasteiger partial charge in [-0.15, -0.1) is 0 Å². The second-order valence-electron chi connectivity index (χ2n) is 5.12. The molecule has 2 heterocycles. The smallest absolute Gasteiger partial charge is 0.137 e. The molecular formula is C17H17NO2. The van der Waals surface area contributed by atoms with Crippen LogP contribution in [-0.4, -0.2) is 17.4 Å². The average Bonchev–Trinajstić information content (AvgIpc) is 2.93. The lowest BCUT2D eigenvalue weighted by atomic mass is 10.0. The lowest BCUT2D eigenvalue weighted by molar-refractivity contribution is -0.118. The molecule has 0 fully saturated rings. The summed E-state index contributed by atoms with van der Waals surface area (Å²) in [5.41, 5.74) is 3.47. The number of carbonyl (C=O) groups excluding carboxylic acids is 1. The number of benzene rings is 1. The second kappa shape index (κ2) is 5.87. The van der Waals surface area contributed by atoms with Gasteiger partial charge < -0.3 is 4.74 Å². The molecule has 0 radical (unpaired) electrons. The van der Waals surface area contributed by atoms with Gasteiger partial charge in [0.15, 0.2) is 0 Å². The molecule has 2 aromatic rings. The van der Waals surface area contributed by atoms with Crippen LogP contribution >= 0.6 is 0 Å². The first kappa shape index (κ1) is 12.9. The largest absolute Gasteiger partial charge is 0.493 e. The van der Waals surface area contributed by atoms with Crippen LogP contribution in [0.2, 0.25) is 0 Å². The first-order valence-electron chi connectivity index (χ1n) is 6.96. The van der Waals surface area contributed by atoms with Gasteiger partial charge >= 0.3 is 0 Å². The number of pyridine rings is 1. The first-order chi connectivity index (χ1) is 9.81. The van der Waals surface area contributed by atoms with Gasteiger partial charge in [0.2, 0.25) is 0 Å². The normalized spacial score (nSPS) is 12.8. The molecular weight excluding hydrogens is 250 g/mol. The molecule has 1 aromatic carbocycles. The van der Waals surface area contributed by atoms with Gasteiger partial charge in [0.25, 0.3) is 0 Å². The summed E-state index contributed by atoms with van der Waals surface area (Å²) in [7, 11) is 0. The highest BCUT2D eigenvalue weighted by Crippen LogP contribution is 2.26. The highest BCUT2D eigenvalue weighted by molar-refractivity contribution is 5.81. The monoisotopic (exact) mass is 267 g/mol. The zero-order chi connectivity index (χ0) is 13.8. The van der Waals surface area contributed by atoms with E-state index in [4.69, 9.17) is 4.74 Å². The fourth-order valence-electron chi connectivity index (χ4n) is 2.50. The van der Waals surface area contributed by atoms with Crippen molar-refractivity contribution < 1.29 is 9.53 Å². The van der Waals surface area contributed by atoms with Crippen LogP contribution in [-0.2, 0) is 24.1 Å². The van der Waals surface area contributed by atoms with Crippen LogP contribution in [0.5, 0.6) is 5.75 Å². The van der Waals surface area contributed by atoms with E-state index >= 15 is 0 Å². The molecule has 0 amide bonds. The third-order valence-electron chi connectivity index (χ3n) is 3.57. The standard InChI is InChI=1S/C17H17NO2/c19-16(11-14-2-1-8-18-12-14)5-3-13-4-6-17-15(10-13)7-9-20-17/h1-2,4,6,8,10,12H,3,5,7,9,11H2. The maximum absolute atomic E-state index is 12.0. The highest BCUT2D eigenvalue weighted by atomic mass is 16.5. The van der Waals surface area contributed by atoms with Crippen molar-refractivity contribution in [2.75, 3.05) is 6.61 Å². The Morgan fingerprint density at radius 3 is 3.05 bits per heavy atom. The summed E-state index contributed by atoms with van der Waals surface area (Å²) in [6, 6.07) is 10.0. The van der Waals surface area contributed by atoms with Crippen LogP contribution in [0.15, 0.2) is 42.7 Å². The Kier molecular flexibility index (Phi) is 3.77. The average molecular weight is 267 g/mol. The van der Waals surface area contributed by atoms with E-state index in [-0.39, 0.29) is 5.78 Å². The minimum Gasteiger partial charge on any atom is -0.493 e. The molecule has 1 aromatic heterocycles. The van der Waals surface area contributed by atoms with Gasteiger partial charge in [0.05, 0.1) is 6.61 Å². The minimum atomic E-state index is 0.259. The molecule has 0 spiro atoms. The van der Waals surface area contributed by atoms with Crippen molar-refractivity contribution in [3.8, 4) is 5.75 Å². The molecule has 20 heavy (non-hydrogen) atoms. The van der Waals surface area contributed by atoms with Crippen LogP contribution in [0.4, 0.5) is 0 Å². The topological polar surface area (TPSA) is 39.2 Å². The van der Waals surface area contributed by atoms with Crippen LogP contribution in [0.1, 0.15) is 23.1 Å². The minimum absolute atomic E-state index is 0.259. The Morgan fingerprint density at radius 1 is 1.25 bits per heavy atom. The number of aryl methyl sites for hydroxylation is 1. The second-order valence-corrected chi connectivity index (χ2v) is 5.12. The van der Waals surface area contributed by atoms with Crippen molar-refractivity contribution >= 4 is 5.78 Å². The zero-order valence-corrected chi connectivity index (χ0v) is 11.3. The molecule has 1 aliphatic rings. The molecule has 0 bridgehead atoms. The molecule has 3 rings (SSSR count). The number of ether oxygens (including phenoxy) is 1. The summed E-state index contributed by atoms with van der Waals surface area (Å²) in [4.78, 5) is 16.0. The van der Waals surface area contributed by atoms with Gasteiger partial charge in [-0.25, -0.2) is 0 Å². The SMILES string of the molecule is O=C(CCc1ccc2c(c1)CCO2)Cc1cccnc1. The van der Waals surface area contributed by atoms with E-state index in [1.165, 1.54) is 11.1 Å². The number of Topliss-reactive ketones (excluding diaryl/α,β-unsaturated/α-hetero) is 1. The van der Waals surface area contributed by atoms with Crippen molar-refractivity contribution in [1.82, 2.24) is 4.98 Å². The van der Waals surface area contributed by atoms with Crippen LogP contribution < -0.4 is 4.74 Å². The van der Waals surface area contributed by atoms with Crippen LogP contribution in [0, 0.1) is 0 Å². The maximum atomic E-state index is 12.0. The Labute approximate surface area is 118 Å². The number of ketones is 1. The van der Waals surface area contributed by atoms with E-state index in [1.54, 1.807) is 12.4 Å². The van der Waals surface area contributed by atoms with Crippen molar-refractivity contribution in [2.45, 2.75) is 25.7 Å². The quantitative estimate of drug-likeness (QED) is 0.836. The lowest BCUT2D eigenvalue weighted by Crippen LogP contribution is -2.04. The molecule has 0 saturated carbocycles. The van der Waals surface area contributed by atoms with Gasteiger partial charge in [-0.1, -0.05) is 18.2 Å². The zero-order valence-electron chi connectivity index (χ0n) is 11.3. The predicted molar refractivity (Wildman–Crippen MR) is 76.9 cm³/mol. The first-order valence-corrected chi connectivity index (χ1v) is 6.96. The molecule has 102 valence electrons. The van der Waals surface area contributed by atoms with Crippen LogP contribution in [0.3, 0.4) is 0 Å². The van der Waals surface area contributed by atoms with Gasteiger partial charge in [0.1, 0.15) is 11.5 Å². The number of hydrogen-bond acceptors (Lipinski definition) is 3. The molecule has 1 aliphatic heterocycles. The number of aromatic nitrogens is 1. The van der Waals surface area contributed by atoms with Crippen molar-refractivity contribution in [3.05, 3.63) is 59.4 Å². The molecule has 0 atom stereocenters. The van der Waals surface area contributed by atoms with E-state index in [9.17, 15) is 4.79 Å². The van der Waals surface area contributed by atoms with Gasteiger partial charge in [0, 0.05) is 31.7 Å². The molecule has 0 unspecified atom stereocenters. The summed E-state index contributed by atoms with van der Waals surface area (Å²) < 4.78 is 5.48. The summed E-state index contributed by atoms with van der Waals surface area (Å²) in [5.74, 6) is 1.25. The van der Waals surface area contributed by atoms with Crippen molar-refractivity contribution in [3.63, 3.8) is 0 Å². The van der Waals surface area contributed by atoms with Crippen LogP contribution in [0.25, 0.3) is 0 Å². The van der Waals surface area contributed by atoms with Crippen molar-refractivity contribution in [2.24, 2.45) is 0 Å². The Bertz CT molecular complexity index is 608. The molecule has 0 N–H and O–H groups in total. The van der Waals surface area contributed by atoms with E-state index < -0.39 is 0 Å². The Balaban J connectivity index is 1.55. The van der Waals surface area contributed by atoms with Gasteiger partial charge in [-0.3, -0.25) is 9.78 Å². The van der Waals surface area contributed by atoms with Gasteiger partial charge in [-0.2, -0.15) is 0 Å². The number of fused-ring (bicyclic) bond motifs is 1. The molecule has 3 heteroatoms. The fourth-order valence-corrected chi connectivity index (χ4v) is 2.50. The summed E-state index contributed by atoms with van der Waals surface area (Å²) in [6.45, 7) is 0.777. The Morgan fingerprint density at radius 2 is 2.20 bits per heavy atom. The lowest BCUT2D eigenvalue weighted by Gasteiger charge is -2.04. The number of rotatable bonds is 5. The number of hydrogen-bond donors (Lipinski definition) is 0. The summed E-state index contributed by atoms with van der Waals surface area (Å²) in [6.07, 6.45) is 6.31. The van der Waals surface area contributed by atoms with Crippen molar-refractivity contribution in [1.29, 1.82) is 0 Å². The van der Waals surface area contributed by atoms with E-state index in [2.05, 4.69) is 17.1 Å². The predicted octanol–water partition coefficient (Wildman–Crippen LogP) is 2.76. The number of carbonyl (C=O) groups is 1. The summed E-state index contributed by atoms with van der Waals surface area (Å²) in [5, 5.41) is 0. The highest BCUT2D eigenvalue weighted by Gasteiger charge is 2.12. The maximum Gasteiger partial charge on any atom is 0.137 e. The molecule has 0 aliphatic carbocycles. The summed E-state index contributed by atoms with van der Waals surface area (Å²) >= 11 is 0. The van der Waals surface area contributed by atoms with Gasteiger partial charge in [-0.05, 0) is 35.2 Å². The number of nitrogens with zero attached hydrogens (tertiary/aromatic N) is 1. The third-order valence-corrected chi connectivity index (χ3v) is 3.57. The third kappa shape index (κ3) is 3.05. The fraction of sp³-hybridized carbons (Fsp3) is 0.294. The molecule has 3 nitrogen and oxygen atoms in total. The molecule has 0 saturated heterocycles.